The first-order valence-corrected chi connectivity index (χ1v) is 5.69. The molecule has 0 aliphatic carbocycles. The lowest BCUT2D eigenvalue weighted by Crippen LogP contribution is -2.04. The maximum atomic E-state index is 10.0. The lowest BCUT2D eigenvalue weighted by atomic mass is 10.0. The van der Waals surface area contributed by atoms with Crippen LogP contribution in [0.3, 0.4) is 0 Å². The highest BCUT2D eigenvalue weighted by molar-refractivity contribution is 5.45. The van der Waals surface area contributed by atoms with Gasteiger partial charge in [-0.2, -0.15) is 0 Å². The Bertz CT molecular complexity index is 471. The molecule has 1 atom stereocenters. The second-order valence-corrected chi connectivity index (χ2v) is 4.04. The topological polar surface area (TPSA) is 59.1 Å². The average molecular weight is 228 g/mol. The Morgan fingerprint density at radius 2 is 1.94 bits per heavy atom. The van der Waals surface area contributed by atoms with Crippen LogP contribution in [-0.2, 0) is 6.42 Å². The number of aryl methyl sites for hydroxylation is 1. The summed E-state index contributed by atoms with van der Waals surface area (Å²) in [6.07, 6.45) is 4.19. The normalized spacial score (nSPS) is 12.3. The van der Waals surface area contributed by atoms with Gasteiger partial charge in [-0.05, 0) is 24.5 Å². The summed E-state index contributed by atoms with van der Waals surface area (Å²) in [4.78, 5) is 3.98. The highest BCUT2D eigenvalue weighted by Gasteiger charge is 2.10. The fourth-order valence-corrected chi connectivity index (χ4v) is 1.80. The van der Waals surface area contributed by atoms with Crippen LogP contribution in [0.5, 0.6) is 0 Å². The minimum Gasteiger partial charge on any atom is -0.398 e. The van der Waals surface area contributed by atoms with Gasteiger partial charge in [-0.15, -0.1) is 0 Å². The van der Waals surface area contributed by atoms with Crippen molar-refractivity contribution in [1.82, 2.24) is 4.98 Å². The molecule has 0 bridgehead atoms. The number of nitrogen functional groups attached to an aromatic ring is 1. The molecule has 0 amide bonds. The lowest BCUT2D eigenvalue weighted by Gasteiger charge is -2.12. The quantitative estimate of drug-likeness (QED) is 0.844. The highest BCUT2D eigenvalue weighted by atomic mass is 16.3. The van der Waals surface area contributed by atoms with E-state index in [2.05, 4.69) is 17.1 Å². The second kappa shape index (κ2) is 5.46. The highest BCUT2D eigenvalue weighted by Crippen LogP contribution is 2.23. The van der Waals surface area contributed by atoms with Crippen molar-refractivity contribution in [2.24, 2.45) is 0 Å². The van der Waals surface area contributed by atoms with Crippen LogP contribution in [0.15, 0.2) is 48.8 Å². The van der Waals surface area contributed by atoms with Gasteiger partial charge in [0.15, 0.2) is 0 Å². The molecule has 17 heavy (non-hydrogen) atoms. The number of nitrogens with zero attached hydrogens (tertiary/aromatic N) is 1. The van der Waals surface area contributed by atoms with Crippen LogP contribution in [0.1, 0.15) is 23.7 Å². The zero-order chi connectivity index (χ0) is 12.1. The maximum absolute atomic E-state index is 10.0. The molecule has 0 aliphatic rings. The molecule has 0 saturated carbocycles. The Hall–Kier alpha value is -1.87. The number of anilines is 1. The molecule has 1 aromatic heterocycles. The molecule has 1 heterocycles. The standard InChI is InChI=1S/C14H16N2O/c15-13-8-9-16-10-12(13)14(17)7-6-11-4-2-1-3-5-11/h1-5,8-10,14,17H,6-7H2,(H2,15,16). The van der Waals surface area contributed by atoms with Crippen LogP contribution in [0, 0.1) is 0 Å². The number of nitrogens with two attached hydrogens (primary N) is 1. The Labute approximate surface area is 101 Å². The molecule has 0 saturated heterocycles. The monoisotopic (exact) mass is 228 g/mol. The molecule has 0 aliphatic heterocycles. The van der Waals surface area contributed by atoms with Crippen LogP contribution < -0.4 is 5.73 Å². The molecule has 1 unspecified atom stereocenters. The molecule has 1 aromatic carbocycles. The van der Waals surface area contributed by atoms with Crippen molar-refractivity contribution < 1.29 is 5.11 Å². The molecule has 88 valence electrons. The maximum Gasteiger partial charge on any atom is 0.0828 e. The van der Waals surface area contributed by atoms with Crippen molar-refractivity contribution >= 4 is 5.69 Å². The Morgan fingerprint density at radius 1 is 1.18 bits per heavy atom. The van der Waals surface area contributed by atoms with Gasteiger partial charge in [0.1, 0.15) is 0 Å². The van der Waals surface area contributed by atoms with Crippen molar-refractivity contribution in [1.29, 1.82) is 0 Å². The number of pyridine rings is 1. The molecular weight excluding hydrogens is 212 g/mol. The zero-order valence-corrected chi connectivity index (χ0v) is 9.58. The first-order valence-electron chi connectivity index (χ1n) is 5.69. The van der Waals surface area contributed by atoms with Crippen LogP contribution in [0.4, 0.5) is 5.69 Å². The third kappa shape index (κ3) is 3.04. The van der Waals surface area contributed by atoms with E-state index in [-0.39, 0.29) is 0 Å². The van der Waals surface area contributed by atoms with Crippen LogP contribution in [0.2, 0.25) is 0 Å². The lowest BCUT2D eigenvalue weighted by molar-refractivity contribution is 0.168. The number of hydrogen-bond donors (Lipinski definition) is 2. The molecular formula is C14H16N2O. The fourth-order valence-electron chi connectivity index (χ4n) is 1.80. The van der Waals surface area contributed by atoms with E-state index < -0.39 is 6.10 Å². The summed E-state index contributed by atoms with van der Waals surface area (Å²) in [5.74, 6) is 0. The van der Waals surface area contributed by atoms with Gasteiger partial charge in [0.2, 0.25) is 0 Å². The summed E-state index contributed by atoms with van der Waals surface area (Å²) in [6, 6.07) is 11.8. The van der Waals surface area contributed by atoms with Gasteiger partial charge in [0.25, 0.3) is 0 Å². The van der Waals surface area contributed by atoms with Gasteiger partial charge in [-0.3, -0.25) is 4.98 Å². The van der Waals surface area contributed by atoms with Gasteiger partial charge in [-0.1, -0.05) is 30.3 Å². The van der Waals surface area contributed by atoms with Gasteiger partial charge >= 0.3 is 0 Å². The van der Waals surface area contributed by atoms with Gasteiger partial charge in [0, 0.05) is 23.6 Å². The van der Waals surface area contributed by atoms with E-state index in [9.17, 15) is 5.11 Å². The van der Waals surface area contributed by atoms with Crippen molar-refractivity contribution in [2.75, 3.05) is 5.73 Å². The number of aliphatic hydroxyl groups is 1. The van der Waals surface area contributed by atoms with Crippen molar-refractivity contribution in [3.05, 3.63) is 59.9 Å². The van der Waals surface area contributed by atoms with E-state index in [0.717, 1.165) is 6.42 Å². The largest absolute Gasteiger partial charge is 0.398 e. The summed E-state index contributed by atoms with van der Waals surface area (Å²) in [7, 11) is 0. The van der Waals surface area contributed by atoms with Gasteiger partial charge in [-0.25, -0.2) is 0 Å². The SMILES string of the molecule is Nc1ccncc1C(O)CCc1ccccc1. The van der Waals surface area contributed by atoms with Crippen LogP contribution in [-0.4, -0.2) is 10.1 Å². The molecule has 2 rings (SSSR count). The van der Waals surface area contributed by atoms with Gasteiger partial charge < -0.3 is 10.8 Å². The Balaban J connectivity index is 1.99. The molecule has 3 N–H and O–H groups in total. The molecule has 0 radical (unpaired) electrons. The molecule has 2 aromatic rings. The van der Waals surface area contributed by atoms with Crippen LogP contribution in [0.25, 0.3) is 0 Å². The average Bonchev–Trinajstić information content (AvgIpc) is 2.38. The molecule has 0 spiro atoms. The van der Waals surface area contributed by atoms with E-state index in [1.165, 1.54) is 5.56 Å². The predicted octanol–water partition coefficient (Wildman–Crippen LogP) is 2.33. The first-order chi connectivity index (χ1) is 8.27. The van der Waals surface area contributed by atoms with Crippen molar-refractivity contribution in [3.63, 3.8) is 0 Å². The summed E-state index contributed by atoms with van der Waals surface area (Å²) in [5.41, 5.74) is 8.32. The predicted molar refractivity (Wildman–Crippen MR) is 68.4 cm³/mol. The number of aromatic nitrogens is 1. The minimum atomic E-state index is -0.552. The zero-order valence-electron chi connectivity index (χ0n) is 9.58. The summed E-state index contributed by atoms with van der Waals surface area (Å²) in [6.45, 7) is 0. The third-order valence-electron chi connectivity index (χ3n) is 2.80. The smallest absolute Gasteiger partial charge is 0.0828 e. The number of hydrogen-bond acceptors (Lipinski definition) is 3. The number of benzene rings is 1. The molecule has 3 heteroatoms. The second-order valence-electron chi connectivity index (χ2n) is 4.04. The number of rotatable bonds is 4. The van der Waals surface area contributed by atoms with E-state index in [0.29, 0.717) is 17.7 Å². The minimum absolute atomic E-state index is 0.552. The van der Waals surface area contributed by atoms with Crippen molar-refractivity contribution in [2.45, 2.75) is 18.9 Å². The molecule has 3 nitrogen and oxygen atoms in total. The Kier molecular flexibility index (Phi) is 3.73. The van der Waals surface area contributed by atoms with E-state index in [1.54, 1.807) is 18.5 Å². The van der Waals surface area contributed by atoms with E-state index in [1.807, 2.05) is 18.2 Å². The third-order valence-corrected chi connectivity index (χ3v) is 2.80. The summed E-state index contributed by atoms with van der Waals surface area (Å²) in [5, 5.41) is 10.0. The van der Waals surface area contributed by atoms with Crippen LogP contribution >= 0.6 is 0 Å². The van der Waals surface area contributed by atoms with E-state index >= 15 is 0 Å². The fraction of sp³-hybridized carbons (Fsp3) is 0.214. The van der Waals surface area contributed by atoms with E-state index in [4.69, 9.17) is 5.73 Å². The summed E-state index contributed by atoms with van der Waals surface area (Å²) < 4.78 is 0. The first kappa shape index (κ1) is 11.6. The summed E-state index contributed by atoms with van der Waals surface area (Å²) >= 11 is 0. The number of aliphatic hydroxyl groups excluding tert-OH is 1. The van der Waals surface area contributed by atoms with Gasteiger partial charge in [0.05, 0.1) is 6.10 Å². The van der Waals surface area contributed by atoms with Crippen molar-refractivity contribution in [3.8, 4) is 0 Å². The molecule has 0 fully saturated rings. The Morgan fingerprint density at radius 3 is 2.65 bits per heavy atom.